The number of H-pyrrole nitrogens is 1. The van der Waals surface area contributed by atoms with Crippen molar-refractivity contribution in [2.24, 2.45) is 0 Å². The first-order valence-electron chi connectivity index (χ1n) is 8.42. The molecule has 6 nitrogen and oxygen atoms in total. The van der Waals surface area contributed by atoms with Gasteiger partial charge in [0.1, 0.15) is 5.69 Å². The lowest BCUT2D eigenvalue weighted by atomic mass is 9.85. The van der Waals surface area contributed by atoms with Gasteiger partial charge in [0.05, 0.1) is 5.54 Å². The third kappa shape index (κ3) is 3.31. The molecule has 26 heavy (non-hydrogen) atoms. The van der Waals surface area contributed by atoms with Crippen LogP contribution in [-0.2, 0) is 4.79 Å². The average Bonchev–Trinajstić information content (AvgIpc) is 2.59. The standard InChI is InChI=1S/C20H21N3O3/c1-3-7-17(24)23-12-20(13-23,10-4-2)22-19(26)16-11-14-8-5-6-9-15(14)18(25)21-16/h3-6,8-9,11H,1-2,7,10,12-13H2,(H,21,25)(H,22,26). The zero-order valence-electron chi connectivity index (χ0n) is 14.5. The van der Waals surface area contributed by atoms with E-state index < -0.39 is 5.54 Å². The van der Waals surface area contributed by atoms with Crippen molar-refractivity contribution in [1.82, 2.24) is 15.2 Å². The summed E-state index contributed by atoms with van der Waals surface area (Å²) in [7, 11) is 0. The van der Waals surface area contributed by atoms with Gasteiger partial charge in [0.2, 0.25) is 5.91 Å². The molecule has 0 bridgehead atoms. The second-order valence-corrected chi connectivity index (χ2v) is 6.57. The Hall–Kier alpha value is -3.15. The van der Waals surface area contributed by atoms with Gasteiger partial charge in [-0.25, -0.2) is 0 Å². The van der Waals surface area contributed by atoms with Crippen molar-refractivity contribution in [2.75, 3.05) is 13.1 Å². The van der Waals surface area contributed by atoms with E-state index in [1.807, 2.05) is 6.07 Å². The fraction of sp³-hybridized carbons (Fsp3) is 0.250. The van der Waals surface area contributed by atoms with Crippen molar-refractivity contribution in [3.8, 4) is 0 Å². The van der Waals surface area contributed by atoms with Crippen LogP contribution in [0.5, 0.6) is 0 Å². The molecule has 2 amide bonds. The first kappa shape index (κ1) is 17.7. The van der Waals surface area contributed by atoms with Gasteiger partial charge >= 0.3 is 0 Å². The number of aromatic amines is 1. The number of pyridine rings is 1. The Kier molecular flexibility index (Phi) is 4.75. The number of hydrogen-bond donors (Lipinski definition) is 2. The van der Waals surface area contributed by atoms with E-state index in [2.05, 4.69) is 23.5 Å². The number of fused-ring (bicyclic) bond motifs is 1. The van der Waals surface area contributed by atoms with Crippen LogP contribution in [0.15, 0.2) is 60.4 Å². The monoisotopic (exact) mass is 351 g/mol. The smallest absolute Gasteiger partial charge is 0.268 e. The minimum atomic E-state index is -0.557. The fourth-order valence-corrected chi connectivity index (χ4v) is 3.29. The normalized spacial score (nSPS) is 15.2. The summed E-state index contributed by atoms with van der Waals surface area (Å²) < 4.78 is 0. The summed E-state index contributed by atoms with van der Waals surface area (Å²) in [5.74, 6) is -0.390. The summed E-state index contributed by atoms with van der Waals surface area (Å²) in [4.78, 5) is 41.1. The molecule has 134 valence electrons. The minimum Gasteiger partial charge on any atom is -0.341 e. The molecule has 3 rings (SSSR count). The van der Waals surface area contributed by atoms with E-state index in [4.69, 9.17) is 0 Å². The van der Waals surface area contributed by atoms with Crippen LogP contribution < -0.4 is 10.9 Å². The van der Waals surface area contributed by atoms with Gasteiger partial charge in [-0.05, 0) is 23.9 Å². The molecule has 2 N–H and O–H groups in total. The van der Waals surface area contributed by atoms with Gasteiger partial charge in [-0.15, -0.1) is 13.2 Å². The molecule has 1 aliphatic rings. The molecular formula is C20H21N3O3. The van der Waals surface area contributed by atoms with Crippen LogP contribution in [0.1, 0.15) is 23.3 Å². The van der Waals surface area contributed by atoms with E-state index in [0.717, 1.165) is 0 Å². The average molecular weight is 351 g/mol. The van der Waals surface area contributed by atoms with Gasteiger partial charge in [-0.1, -0.05) is 30.4 Å². The number of nitrogens with one attached hydrogen (secondary N) is 2. The predicted octanol–water partition coefficient (Wildman–Crippen LogP) is 1.99. The van der Waals surface area contributed by atoms with Crippen LogP contribution in [-0.4, -0.2) is 40.3 Å². The molecular weight excluding hydrogens is 330 g/mol. The van der Waals surface area contributed by atoms with Gasteiger partial charge < -0.3 is 15.2 Å². The van der Waals surface area contributed by atoms with Crippen molar-refractivity contribution in [3.63, 3.8) is 0 Å². The Labute approximate surface area is 151 Å². The number of amides is 2. The number of nitrogens with zero attached hydrogens (tertiary/aromatic N) is 1. The summed E-state index contributed by atoms with van der Waals surface area (Å²) in [6, 6.07) is 8.76. The van der Waals surface area contributed by atoms with Crippen molar-refractivity contribution in [1.29, 1.82) is 0 Å². The highest BCUT2D eigenvalue weighted by molar-refractivity contribution is 5.97. The summed E-state index contributed by atoms with van der Waals surface area (Å²) >= 11 is 0. The van der Waals surface area contributed by atoms with Gasteiger partial charge in [0.15, 0.2) is 0 Å². The van der Waals surface area contributed by atoms with E-state index in [0.29, 0.717) is 30.3 Å². The number of carbonyl (C=O) groups excluding carboxylic acids is 2. The summed E-state index contributed by atoms with van der Waals surface area (Å²) in [6.45, 7) is 8.13. The fourth-order valence-electron chi connectivity index (χ4n) is 3.29. The van der Waals surface area contributed by atoms with Crippen LogP contribution in [0, 0.1) is 0 Å². The third-order valence-corrected chi connectivity index (χ3v) is 4.57. The lowest BCUT2D eigenvalue weighted by molar-refractivity contribution is -0.138. The van der Waals surface area contributed by atoms with E-state index in [1.165, 1.54) is 0 Å². The molecule has 0 unspecified atom stereocenters. The number of benzene rings is 1. The van der Waals surface area contributed by atoms with E-state index in [1.54, 1.807) is 41.3 Å². The SMILES string of the molecule is C=CCC(=O)N1CC(CC=C)(NC(=O)c2cc3ccccc3c(=O)[nH]2)C1. The van der Waals surface area contributed by atoms with Crippen molar-refractivity contribution in [3.05, 3.63) is 71.7 Å². The highest BCUT2D eigenvalue weighted by atomic mass is 16.2. The molecule has 1 saturated heterocycles. The lowest BCUT2D eigenvalue weighted by Gasteiger charge is -2.50. The van der Waals surface area contributed by atoms with E-state index in [9.17, 15) is 14.4 Å². The van der Waals surface area contributed by atoms with Crippen molar-refractivity contribution < 1.29 is 9.59 Å². The summed E-state index contributed by atoms with van der Waals surface area (Å²) in [6.07, 6.45) is 4.09. The topological polar surface area (TPSA) is 82.3 Å². The molecule has 1 aromatic heterocycles. The van der Waals surface area contributed by atoms with Gasteiger partial charge in [0.25, 0.3) is 11.5 Å². The van der Waals surface area contributed by atoms with Crippen LogP contribution in [0.2, 0.25) is 0 Å². The van der Waals surface area contributed by atoms with Crippen molar-refractivity contribution in [2.45, 2.75) is 18.4 Å². The molecule has 0 atom stereocenters. The van der Waals surface area contributed by atoms with Crippen LogP contribution >= 0.6 is 0 Å². The Morgan fingerprint density at radius 1 is 1.23 bits per heavy atom. The maximum Gasteiger partial charge on any atom is 0.268 e. The predicted molar refractivity (Wildman–Crippen MR) is 101 cm³/mol. The molecule has 2 heterocycles. The molecule has 0 spiro atoms. The molecule has 1 fully saturated rings. The maximum atomic E-state index is 12.7. The Morgan fingerprint density at radius 2 is 1.96 bits per heavy atom. The highest BCUT2D eigenvalue weighted by Gasteiger charge is 2.45. The summed E-state index contributed by atoms with van der Waals surface area (Å²) in [5.41, 5.74) is -0.659. The Bertz CT molecular complexity index is 939. The molecule has 1 aliphatic heterocycles. The molecule has 1 aromatic carbocycles. The molecule has 0 aliphatic carbocycles. The Morgan fingerprint density at radius 3 is 2.65 bits per heavy atom. The zero-order valence-corrected chi connectivity index (χ0v) is 14.5. The number of rotatable bonds is 6. The first-order chi connectivity index (χ1) is 12.5. The molecule has 2 aromatic rings. The zero-order chi connectivity index (χ0) is 18.7. The van der Waals surface area contributed by atoms with Crippen LogP contribution in [0.4, 0.5) is 0 Å². The van der Waals surface area contributed by atoms with Gasteiger partial charge in [0, 0.05) is 24.9 Å². The minimum absolute atomic E-state index is 0.0203. The second kappa shape index (κ2) is 7.00. The maximum absolute atomic E-state index is 12.7. The van der Waals surface area contributed by atoms with E-state index >= 15 is 0 Å². The van der Waals surface area contributed by atoms with Crippen LogP contribution in [0.25, 0.3) is 10.8 Å². The van der Waals surface area contributed by atoms with Crippen molar-refractivity contribution >= 4 is 22.6 Å². The molecule has 0 saturated carbocycles. The molecule has 0 radical (unpaired) electrons. The Balaban J connectivity index is 1.79. The van der Waals surface area contributed by atoms with E-state index in [-0.39, 0.29) is 29.5 Å². The second-order valence-electron chi connectivity index (χ2n) is 6.57. The van der Waals surface area contributed by atoms with Gasteiger partial charge in [-0.2, -0.15) is 0 Å². The van der Waals surface area contributed by atoms with Crippen LogP contribution in [0.3, 0.4) is 0 Å². The largest absolute Gasteiger partial charge is 0.341 e. The number of carbonyl (C=O) groups is 2. The first-order valence-corrected chi connectivity index (χ1v) is 8.42. The summed E-state index contributed by atoms with van der Waals surface area (Å²) in [5, 5.41) is 4.21. The quantitative estimate of drug-likeness (QED) is 0.781. The highest BCUT2D eigenvalue weighted by Crippen LogP contribution is 2.26. The lowest BCUT2D eigenvalue weighted by Crippen LogP contribution is -2.71. The molecule has 6 heteroatoms. The number of likely N-dealkylation sites (tertiary alicyclic amines) is 1. The number of hydrogen-bond acceptors (Lipinski definition) is 3. The number of aromatic nitrogens is 1. The third-order valence-electron chi connectivity index (χ3n) is 4.57. The van der Waals surface area contributed by atoms with Gasteiger partial charge in [-0.3, -0.25) is 14.4 Å².